The number of alkyl halides is 3. The number of hydrazone groups is 1. The van der Waals surface area contributed by atoms with Gasteiger partial charge in [-0.15, -0.1) is 0 Å². The van der Waals surface area contributed by atoms with Crippen LogP contribution in [-0.2, 0) is 0 Å². The molecule has 1 aliphatic heterocycles. The average Bonchev–Trinajstić information content (AvgIpc) is 2.91. The number of hydrogen-bond donors (Lipinski definition) is 1. The van der Waals surface area contributed by atoms with Gasteiger partial charge in [-0.2, -0.15) is 23.3 Å². The number of carbonyl (C=O) groups excluding carboxylic acids is 1. The monoisotopic (exact) mass is 348 g/mol. The van der Waals surface area contributed by atoms with Crippen LogP contribution in [0.5, 0.6) is 0 Å². The van der Waals surface area contributed by atoms with Crippen LogP contribution in [0.1, 0.15) is 23.7 Å². The van der Waals surface area contributed by atoms with Crippen molar-refractivity contribution in [2.75, 3.05) is 0 Å². The lowest BCUT2D eigenvalue weighted by Gasteiger charge is -2.32. The highest BCUT2D eigenvalue weighted by molar-refractivity contribution is 5.98. The smallest absolute Gasteiger partial charge is 0.362 e. The summed E-state index contributed by atoms with van der Waals surface area (Å²) in [5.74, 6) is -1.00. The molecular formula is C18H15F3N2O2. The van der Waals surface area contributed by atoms with Crippen LogP contribution in [0.3, 0.4) is 0 Å². The first-order chi connectivity index (χ1) is 11.7. The van der Waals surface area contributed by atoms with Crippen LogP contribution in [0.15, 0.2) is 59.7 Å². The second kappa shape index (κ2) is 6.00. The predicted octanol–water partition coefficient (Wildman–Crippen LogP) is 3.83. The van der Waals surface area contributed by atoms with Crippen LogP contribution in [0.25, 0.3) is 11.1 Å². The average molecular weight is 348 g/mol. The van der Waals surface area contributed by atoms with Crippen molar-refractivity contribution in [1.29, 1.82) is 0 Å². The lowest BCUT2D eigenvalue weighted by Crippen LogP contribution is -2.56. The first-order valence-electron chi connectivity index (χ1n) is 7.55. The van der Waals surface area contributed by atoms with Crippen molar-refractivity contribution in [1.82, 2.24) is 5.01 Å². The summed E-state index contributed by atoms with van der Waals surface area (Å²) < 4.78 is 39.6. The third kappa shape index (κ3) is 3.02. The van der Waals surface area contributed by atoms with Gasteiger partial charge in [-0.3, -0.25) is 4.79 Å². The molecule has 1 heterocycles. The van der Waals surface area contributed by atoms with Gasteiger partial charge in [-0.25, -0.2) is 0 Å². The fourth-order valence-electron chi connectivity index (χ4n) is 2.71. The van der Waals surface area contributed by atoms with Crippen LogP contribution < -0.4 is 0 Å². The molecule has 0 bridgehead atoms. The predicted molar refractivity (Wildman–Crippen MR) is 86.8 cm³/mol. The summed E-state index contributed by atoms with van der Waals surface area (Å²) in [6, 6.07) is 15.5. The Morgan fingerprint density at radius 1 is 1.08 bits per heavy atom. The number of carbonyl (C=O) groups is 1. The number of aliphatic hydroxyl groups is 1. The van der Waals surface area contributed by atoms with Crippen LogP contribution >= 0.6 is 0 Å². The summed E-state index contributed by atoms with van der Waals surface area (Å²) in [4.78, 5) is 12.5. The molecule has 0 saturated carbocycles. The maximum Gasteiger partial charge on any atom is 0.438 e. The van der Waals surface area contributed by atoms with E-state index in [-0.39, 0.29) is 16.3 Å². The number of nitrogens with zero attached hydrogens (tertiary/aromatic N) is 2. The highest BCUT2D eigenvalue weighted by Gasteiger charge is 2.62. The summed E-state index contributed by atoms with van der Waals surface area (Å²) >= 11 is 0. The van der Waals surface area contributed by atoms with E-state index in [9.17, 15) is 23.1 Å². The normalized spacial score (nSPS) is 20.5. The Balaban J connectivity index is 1.90. The van der Waals surface area contributed by atoms with E-state index in [1.165, 1.54) is 19.1 Å². The molecule has 0 unspecified atom stereocenters. The maximum absolute atomic E-state index is 13.2. The van der Waals surface area contributed by atoms with E-state index in [4.69, 9.17) is 0 Å². The van der Waals surface area contributed by atoms with Crippen molar-refractivity contribution in [3.8, 4) is 11.1 Å². The maximum atomic E-state index is 13.2. The van der Waals surface area contributed by atoms with Gasteiger partial charge in [-0.1, -0.05) is 42.5 Å². The van der Waals surface area contributed by atoms with Gasteiger partial charge in [0.25, 0.3) is 11.6 Å². The summed E-state index contributed by atoms with van der Waals surface area (Å²) in [6.07, 6.45) is -5.77. The molecule has 0 fully saturated rings. The molecule has 1 atom stereocenters. The van der Waals surface area contributed by atoms with Gasteiger partial charge in [0.15, 0.2) is 0 Å². The largest absolute Gasteiger partial charge is 0.438 e. The molecule has 2 aromatic carbocycles. The number of halogens is 3. The van der Waals surface area contributed by atoms with Crippen LogP contribution in [0.4, 0.5) is 13.2 Å². The van der Waals surface area contributed by atoms with Crippen molar-refractivity contribution in [3.63, 3.8) is 0 Å². The van der Waals surface area contributed by atoms with Gasteiger partial charge < -0.3 is 5.11 Å². The van der Waals surface area contributed by atoms with Crippen molar-refractivity contribution in [2.45, 2.75) is 25.2 Å². The SMILES string of the molecule is CC1=NN(C(=O)c2ccc(-c3ccccc3)cc2)[C@](O)(C(F)(F)F)C1. The highest BCUT2D eigenvalue weighted by atomic mass is 19.4. The fraction of sp³-hybridized carbons (Fsp3) is 0.222. The molecule has 130 valence electrons. The third-order valence-corrected chi connectivity index (χ3v) is 4.01. The van der Waals surface area contributed by atoms with Gasteiger partial charge in [-0.05, 0) is 30.2 Å². The Kier molecular flexibility index (Phi) is 4.12. The molecule has 25 heavy (non-hydrogen) atoms. The quantitative estimate of drug-likeness (QED) is 0.897. The molecule has 0 spiro atoms. The second-order valence-corrected chi connectivity index (χ2v) is 5.89. The van der Waals surface area contributed by atoms with Crippen LogP contribution in [-0.4, -0.2) is 33.6 Å². The molecule has 1 aliphatic rings. The summed E-state index contributed by atoms with van der Waals surface area (Å²) in [7, 11) is 0. The van der Waals surface area contributed by atoms with Gasteiger partial charge in [0.05, 0.1) is 0 Å². The zero-order valence-corrected chi connectivity index (χ0v) is 13.3. The van der Waals surface area contributed by atoms with Crippen molar-refractivity contribution < 1.29 is 23.1 Å². The molecule has 3 rings (SSSR count). The van der Waals surface area contributed by atoms with E-state index in [1.807, 2.05) is 30.3 Å². The molecule has 7 heteroatoms. The van der Waals surface area contributed by atoms with Crippen molar-refractivity contribution in [2.24, 2.45) is 5.10 Å². The zero-order valence-electron chi connectivity index (χ0n) is 13.3. The molecule has 1 amide bonds. The van der Waals surface area contributed by atoms with Gasteiger partial charge in [0.2, 0.25) is 0 Å². The second-order valence-electron chi connectivity index (χ2n) is 5.89. The number of benzene rings is 2. The number of hydrogen-bond acceptors (Lipinski definition) is 3. The summed E-state index contributed by atoms with van der Waals surface area (Å²) in [5, 5.41) is 13.7. The van der Waals surface area contributed by atoms with E-state index < -0.39 is 24.2 Å². The van der Waals surface area contributed by atoms with E-state index in [2.05, 4.69) is 5.10 Å². The van der Waals surface area contributed by atoms with Gasteiger partial charge in [0, 0.05) is 17.7 Å². The minimum atomic E-state index is -5.01. The highest BCUT2D eigenvalue weighted by Crippen LogP contribution is 2.40. The first kappa shape index (κ1) is 17.2. The lowest BCUT2D eigenvalue weighted by atomic mass is 10.0. The molecule has 0 saturated heterocycles. The molecule has 1 N–H and O–H groups in total. The first-order valence-corrected chi connectivity index (χ1v) is 7.55. The minimum absolute atomic E-state index is 0.0146. The molecule has 2 aromatic rings. The van der Waals surface area contributed by atoms with E-state index in [0.717, 1.165) is 11.1 Å². The minimum Gasteiger partial charge on any atom is -0.362 e. The molecule has 4 nitrogen and oxygen atoms in total. The lowest BCUT2D eigenvalue weighted by molar-refractivity contribution is -0.297. The van der Waals surface area contributed by atoms with Crippen LogP contribution in [0, 0.1) is 0 Å². The van der Waals surface area contributed by atoms with E-state index in [0.29, 0.717) is 0 Å². The molecular weight excluding hydrogens is 333 g/mol. The molecule has 0 aromatic heterocycles. The summed E-state index contributed by atoms with van der Waals surface area (Å²) in [6.45, 7) is 1.34. The number of rotatable bonds is 2. The molecule has 0 radical (unpaired) electrons. The standard InChI is InChI=1S/C18H15F3N2O2/c1-12-11-17(25,18(19,20)21)23(22-12)16(24)15-9-7-14(8-10-15)13-5-3-2-4-6-13/h2-10,25H,11H2,1H3/t17-/m1/s1. The Morgan fingerprint density at radius 2 is 1.64 bits per heavy atom. The van der Waals surface area contributed by atoms with Crippen molar-refractivity contribution >= 4 is 11.6 Å². The summed E-state index contributed by atoms with van der Waals surface area (Å²) in [5.41, 5.74) is -1.52. The Hall–Kier alpha value is -2.67. The van der Waals surface area contributed by atoms with Crippen LogP contribution in [0.2, 0.25) is 0 Å². The van der Waals surface area contributed by atoms with Gasteiger partial charge >= 0.3 is 6.18 Å². The number of amides is 1. The Bertz CT molecular complexity index is 816. The topological polar surface area (TPSA) is 52.9 Å². The Labute approximate surface area is 142 Å². The van der Waals surface area contributed by atoms with E-state index in [1.54, 1.807) is 12.1 Å². The zero-order chi connectivity index (χ0) is 18.2. The van der Waals surface area contributed by atoms with Gasteiger partial charge in [0.1, 0.15) is 0 Å². The fourth-order valence-corrected chi connectivity index (χ4v) is 2.71. The van der Waals surface area contributed by atoms with E-state index >= 15 is 0 Å². The Morgan fingerprint density at radius 3 is 2.20 bits per heavy atom. The van der Waals surface area contributed by atoms with Crippen molar-refractivity contribution in [3.05, 3.63) is 60.2 Å². The third-order valence-electron chi connectivity index (χ3n) is 4.01. The molecule has 0 aliphatic carbocycles.